The number of thiophene rings is 1. The van der Waals surface area contributed by atoms with E-state index in [9.17, 15) is 9.18 Å². The summed E-state index contributed by atoms with van der Waals surface area (Å²) < 4.78 is 13.5. The van der Waals surface area contributed by atoms with Crippen LogP contribution in [0, 0.1) is 5.82 Å². The van der Waals surface area contributed by atoms with Crippen molar-refractivity contribution < 1.29 is 9.18 Å². The smallest absolute Gasteiger partial charge is 0.227 e. The monoisotopic (exact) mass is 501 g/mol. The number of benzene rings is 2. The van der Waals surface area contributed by atoms with Crippen LogP contribution in [-0.4, -0.2) is 20.7 Å². The molecule has 0 saturated carbocycles. The number of halogens is 1. The van der Waals surface area contributed by atoms with Crippen LogP contribution in [0.5, 0.6) is 0 Å². The first-order valence-corrected chi connectivity index (χ1v) is 12.5. The van der Waals surface area contributed by atoms with E-state index in [0.717, 1.165) is 20.9 Å². The number of hydrogen-bond donors (Lipinski definition) is 2. The van der Waals surface area contributed by atoms with Gasteiger partial charge in [0.2, 0.25) is 5.95 Å². The first kappa shape index (κ1) is 22.8. The van der Waals surface area contributed by atoms with Crippen molar-refractivity contribution in [3.05, 3.63) is 94.6 Å². The van der Waals surface area contributed by atoms with Crippen LogP contribution in [0.25, 0.3) is 21.8 Å². The molecule has 0 unspecified atom stereocenters. The summed E-state index contributed by atoms with van der Waals surface area (Å²) in [5.41, 5.74) is 9.73. The molecule has 174 valence electrons. The molecule has 0 aliphatic rings. The predicted octanol–water partition coefficient (Wildman–Crippen LogP) is 6.15. The summed E-state index contributed by atoms with van der Waals surface area (Å²) in [6.07, 6.45) is 2.40. The van der Waals surface area contributed by atoms with E-state index in [1.165, 1.54) is 23.5 Å². The summed E-state index contributed by atoms with van der Waals surface area (Å²) in [7, 11) is 0. The molecule has 3 N–H and O–H groups in total. The Morgan fingerprint density at radius 2 is 1.89 bits per heavy atom. The number of nitrogens with two attached hydrogens (primary N) is 1. The standard InChI is InChI=1S/C26H20FN5OS2/c27-18-6-2-7-19(14-18)30-26-29-10-9-22(31-26)24-23(32-25(28)35-24)17-5-1-4-16(12-17)13-20(33)15-21-8-3-11-34-21/h1-12,14H,13,15H2,(H2,28,32)(H,29,30,31). The first-order valence-electron chi connectivity index (χ1n) is 10.8. The van der Waals surface area contributed by atoms with Gasteiger partial charge in [-0.15, -0.1) is 11.3 Å². The molecule has 0 amide bonds. The van der Waals surface area contributed by atoms with Crippen LogP contribution >= 0.6 is 22.7 Å². The molecule has 0 aliphatic carbocycles. The highest BCUT2D eigenvalue weighted by molar-refractivity contribution is 7.19. The second-order valence-corrected chi connectivity index (χ2v) is 9.87. The molecular weight excluding hydrogens is 481 g/mol. The van der Waals surface area contributed by atoms with Gasteiger partial charge in [-0.05, 0) is 47.3 Å². The maximum atomic E-state index is 13.5. The van der Waals surface area contributed by atoms with Gasteiger partial charge in [-0.2, -0.15) is 0 Å². The van der Waals surface area contributed by atoms with E-state index < -0.39 is 0 Å². The van der Waals surface area contributed by atoms with Gasteiger partial charge in [0.1, 0.15) is 11.6 Å². The lowest BCUT2D eigenvalue weighted by atomic mass is 10.0. The summed E-state index contributed by atoms with van der Waals surface area (Å²) in [6, 6.07) is 19.6. The molecule has 6 nitrogen and oxygen atoms in total. The number of carbonyl (C=O) groups excluding carboxylic acids is 1. The Kier molecular flexibility index (Phi) is 6.60. The largest absolute Gasteiger partial charge is 0.375 e. The van der Waals surface area contributed by atoms with Crippen molar-refractivity contribution in [1.82, 2.24) is 15.0 Å². The molecule has 9 heteroatoms. The Bertz CT molecular complexity index is 1480. The number of Topliss-reactive ketones (excluding diaryl/α,β-unsaturated/α-hetero) is 1. The molecule has 0 atom stereocenters. The van der Waals surface area contributed by atoms with E-state index in [4.69, 9.17) is 5.73 Å². The molecule has 5 aromatic rings. The molecule has 3 heterocycles. The quantitative estimate of drug-likeness (QED) is 0.265. The number of anilines is 3. The number of rotatable bonds is 8. The van der Waals surface area contributed by atoms with E-state index >= 15 is 0 Å². The van der Waals surface area contributed by atoms with E-state index in [1.54, 1.807) is 35.7 Å². The Hall–Kier alpha value is -3.95. The summed E-state index contributed by atoms with van der Waals surface area (Å²) >= 11 is 2.91. The molecule has 0 saturated heterocycles. The lowest BCUT2D eigenvalue weighted by molar-refractivity contribution is -0.117. The fraction of sp³-hybridized carbons (Fsp3) is 0.0769. The fourth-order valence-corrected chi connectivity index (χ4v) is 5.23. The van der Waals surface area contributed by atoms with Gasteiger partial charge >= 0.3 is 0 Å². The van der Waals surface area contributed by atoms with E-state index in [0.29, 0.717) is 41.0 Å². The lowest BCUT2D eigenvalue weighted by Gasteiger charge is -2.08. The van der Waals surface area contributed by atoms with Crippen molar-refractivity contribution in [2.24, 2.45) is 0 Å². The predicted molar refractivity (Wildman–Crippen MR) is 139 cm³/mol. The van der Waals surface area contributed by atoms with Crippen molar-refractivity contribution in [1.29, 1.82) is 0 Å². The second-order valence-electron chi connectivity index (χ2n) is 7.80. The van der Waals surface area contributed by atoms with E-state index in [2.05, 4.69) is 20.3 Å². The number of hydrogen-bond acceptors (Lipinski definition) is 8. The van der Waals surface area contributed by atoms with Gasteiger partial charge < -0.3 is 11.1 Å². The third kappa shape index (κ3) is 5.59. The maximum Gasteiger partial charge on any atom is 0.227 e. The average molecular weight is 502 g/mol. The zero-order chi connectivity index (χ0) is 24.2. The van der Waals surface area contributed by atoms with Gasteiger partial charge in [0, 0.05) is 35.2 Å². The van der Waals surface area contributed by atoms with Gasteiger partial charge in [0.05, 0.1) is 16.3 Å². The minimum absolute atomic E-state index is 0.159. The van der Waals surface area contributed by atoms with Crippen LogP contribution in [0.2, 0.25) is 0 Å². The molecule has 0 spiro atoms. The van der Waals surface area contributed by atoms with Crippen LogP contribution in [0.1, 0.15) is 10.4 Å². The molecule has 0 aliphatic heterocycles. The number of ketones is 1. The van der Waals surface area contributed by atoms with Crippen LogP contribution in [0.4, 0.5) is 21.2 Å². The molecule has 0 fully saturated rings. The maximum absolute atomic E-state index is 13.5. The third-order valence-corrected chi connectivity index (χ3v) is 6.95. The third-order valence-electron chi connectivity index (χ3n) is 5.17. The number of thiazole rings is 1. The highest BCUT2D eigenvalue weighted by Gasteiger charge is 2.17. The summed E-state index contributed by atoms with van der Waals surface area (Å²) in [4.78, 5) is 27.8. The summed E-state index contributed by atoms with van der Waals surface area (Å²) in [6.45, 7) is 0. The summed E-state index contributed by atoms with van der Waals surface area (Å²) in [5.74, 6) is 0.142. The highest BCUT2D eigenvalue weighted by Crippen LogP contribution is 2.37. The van der Waals surface area contributed by atoms with Crippen molar-refractivity contribution >= 4 is 45.2 Å². The van der Waals surface area contributed by atoms with Gasteiger partial charge in [-0.3, -0.25) is 4.79 Å². The number of nitrogens with zero attached hydrogens (tertiary/aromatic N) is 3. The average Bonchev–Trinajstić information content (AvgIpc) is 3.49. The van der Waals surface area contributed by atoms with Crippen LogP contribution in [0.3, 0.4) is 0 Å². The van der Waals surface area contributed by atoms with Gasteiger partial charge in [0.25, 0.3) is 0 Å². The Morgan fingerprint density at radius 3 is 2.71 bits per heavy atom. The molecule has 5 rings (SSSR count). The van der Waals surface area contributed by atoms with Crippen molar-refractivity contribution in [2.45, 2.75) is 12.8 Å². The zero-order valence-electron chi connectivity index (χ0n) is 18.4. The fourth-order valence-electron chi connectivity index (χ4n) is 3.67. The first-order chi connectivity index (χ1) is 17.0. The number of carbonyl (C=O) groups is 1. The second kappa shape index (κ2) is 10.1. The Labute approximate surface area is 209 Å². The minimum Gasteiger partial charge on any atom is -0.375 e. The Morgan fingerprint density at radius 1 is 1.00 bits per heavy atom. The molecule has 3 aromatic heterocycles. The van der Waals surface area contributed by atoms with Crippen molar-refractivity contribution in [2.75, 3.05) is 11.1 Å². The molecule has 0 radical (unpaired) electrons. The Balaban J connectivity index is 1.41. The summed E-state index contributed by atoms with van der Waals surface area (Å²) in [5, 5.41) is 5.41. The minimum atomic E-state index is -0.350. The van der Waals surface area contributed by atoms with E-state index in [1.807, 2.05) is 41.8 Å². The SMILES string of the molecule is Nc1nc(-c2cccc(CC(=O)Cc3cccs3)c2)c(-c2ccnc(Nc3cccc(F)c3)n2)s1. The van der Waals surface area contributed by atoms with Crippen molar-refractivity contribution in [3.63, 3.8) is 0 Å². The number of aromatic nitrogens is 3. The van der Waals surface area contributed by atoms with Crippen molar-refractivity contribution in [3.8, 4) is 21.8 Å². The van der Waals surface area contributed by atoms with Gasteiger partial charge in [-0.25, -0.2) is 19.3 Å². The van der Waals surface area contributed by atoms with Gasteiger partial charge in [0.15, 0.2) is 5.13 Å². The molecule has 0 bridgehead atoms. The van der Waals surface area contributed by atoms with Crippen LogP contribution in [-0.2, 0) is 17.6 Å². The number of nitrogens with one attached hydrogen (secondary N) is 1. The van der Waals surface area contributed by atoms with Crippen LogP contribution < -0.4 is 11.1 Å². The van der Waals surface area contributed by atoms with E-state index in [-0.39, 0.29) is 11.6 Å². The molecular formula is C26H20FN5OS2. The number of nitrogen functional groups attached to an aromatic ring is 1. The van der Waals surface area contributed by atoms with Gasteiger partial charge in [-0.1, -0.05) is 41.7 Å². The topological polar surface area (TPSA) is 93.8 Å². The van der Waals surface area contributed by atoms with Crippen LogP contribution in [0.15, 0.2) is 78.3 Å². The molecule has 35 heavy (non-hydrogen) atoms. The normalized spacial score (nSPS) is 10.9. The highest BCUT2D eigenvalue weighted by atomic mass is 32.1. The lowest BCUT2D eigenvalue weighted by Crippen LogP contribution is -2.05. The molecule has 2 aromatic carbocycles. The zero-order valence-corrected chi connectivity index (χ0v) is 20.1.